The van der Waals surface area contributed by atoms with Crippen molar-refractivity contribution in [1.29, 1.82) is 0 Å². The Morgan fingerprint density at radius 2 is 2.00 bits per heavy atom. The molecule has 2 aromatic carbocycles. The van der Waals surface area contributed by atoms with E-state index in [1.165, 1.54) is 6.07 Å². The molecule has 3 N–H and O–H groups in total. The van der Waals surface area contributed by atoms with Crippen LogP contribution in [0.1, 0.15) is 11.1 Å². The van der Waals surface area contributed by atoms with E-state index in [2.05, 4.69) is 5.32 Å². The van der Waals surface area contributed by atoms with Crippen LogP contribution >= 0.6 is 23.8 Å². The standard InChI is InChI=1S/C14H12ClFN2S/c1-8-2-4-10(7-12(8)16)18-13-6-9(15)3-5-11(13)14(17)19/h2-7,18H,1H3,(H2,17,19). The molecular formula is C14H12ClFN2S. The first kappa shape index (κ1) is 13.8. The molecule has 0 unspecified atom stereocenters. The third kappa shape index (κ3) is 3.22. The van der Waals surface area contributed by atoms with Crippen molar-refractivity contribution in [2.24, 2.45) is 5.73 Å². The van der Waals surface area contributed by atoms with Crippen LogP contribution in [0.3, 0.4) is 0 Å². The molecule has 19 heavy (non-hydrogen) atoms. The molecule has 98 valence electrons. The number of rotatable bonds is 3. The predicted octanol–water partition coefficient (Wildman–Crippen LogP) is 4.17. The number of aryl methyl sites for hydroxylation is 1. The first-order chi connectivity index (χ1) is 8.97. The van der Waals surface area contributed by atoms with Crippen LogP contribution in [0.25, 0.3) is 0 Å². The van der Waals surface area contributed by atoms with Gasteiger partial charge in [-0.15, -0.1) is 0 Å². The minimum atomic E-state index is -0.274. The lowest BCUT2D eigenvalue weighted by Gasteiger charge is -2.12. The van der Waals surface area contributed by atoms with E-state index < -0.39 is 0 Å². The molecule has 2 nitrogen and oxygen atoms in total. The van der Waals surface area contributed by atoms with Gasteiger partial charge in [0.1, 0.15) is 10.8 Å². The zero-order valence-electron chi connectivity index (χ0n) is 10.2. The highest BCUT2D eigenvalue weighted by Gasteiger charge is 2.07. The van der Waals surface area contributed by atoms with E-state index in [4.69, 9.17) is 29.6 Å². The molecule has 2 rings (SSSR count). The van der Waals surface area contributed by atoms with Crippen LogP contribution in [-0.4, -0.2) is 4.99 Å². The second kappa shape index (κ2) is 5.55. The zero-order chi connectivity index (χ0) is 14.0. The van der Waals surface area contributed by atoms with Crippen LogP contribution in [-0.2, 0) is 0 Å². The maximum atomic E-state index is 13.5. The SMILES string of the molecule is Cc1ccc(Nc2cc(Cl)ccc2C(N)=S)cc1F. The maximum absolute atomic E-state index is 13.5. The van der Waals surface area contributed by atoms with E-state index >= 15 is 0 Å². The summed E-state index contributed by atoms with van der Waals surface area (Å²) in [6.07, 6.45) is 0. The van der Waals surface area contributed by atoms with Gasteiger partial charge in [-0.1, -0.05) is 29.9 Å². The summed E-state index contributed by atoms with van der Waals surface area (Å²) >= 11 is 10.9. The van der Waals surface area contributed by atoms with E-state index in [1.807, 2.05) is 0 Å². The number of nitrogens with two attached hydrogens (primary N) is 1. The summed E-state index contributed by atoms with van der Waals surface area (Å²) in [7, 11) is 0. The summed E-state index contributed by atoms with van der Waals surface area (Å²) in [5, 5.41) is 3.62. The molecule has 0 heterocycles. The van der Waals surface area contributed by atoms with Crippen molar-refractivity contribution in [2.45, 2.75) is 6.92 Å². The molecule has 0 amide bonds. The Balaban J connectivity index is 2.39. The Kier molecular flexibility index (Phi) is 4.02. The molecular weight excluding hydrogens is 283 g/mol. The average Bonchev–Trinajstić information content (AvgIpc) is 2.33. The third-order valence-corrected chi connectivity index (χ3v) is 3.15. The first-order valence-corrected chi connectivity index (χ1v) is 6.38. The number of hydrogen-bond acceptors (Lipinski definition) is 2. The normalized spacial score (nSPS) is 10.3. The van der Waals surface area contributed by atoms with Gasteiger partial charge in [-0.25, -0.2) is 4.39 Å². The fourth-order valence-corrected chi connectivity index (χ4v) is 2.01. The number of halogens is 2. The van der Waals surface area contributed by atoms with Crippen molar-refractivity contribution in [1.82, 2.24) is 0 Å². The fourth-order valence-electron chi connectivity index (χ4n) is 1.66. The topological polar surface area (TPSA) is 38.0 Å². The van der Waals surface area contributed by atoms with Crippen LogP contribution in [0, 0.1) is 12.7 Å². The Bertz CT molecular complexity index is 643. The summed E-state index contributed by atoms with van der Waals surface area (Å²) in [5.41, 5.74) is 8.17. The van der Waals surface area contributed by atoms with Gasteiger partial charge in [-0.3, -0.25) is 0 Å². The highest BCUT2D eigenvalue weighted by atomic mass is 35.5. The van der Waals surface area contributed by atoms with Crippen LogP contribution in [0.4, 0.5) is 15.8 Å². The lowest BCUT2D eigenvalue weighted by atomic mass is 10.1. The monoisotopic (exact) mass is 294 g/mol. The Hall–Kier alpha value is -1.65. The molecule has 5 heteroatoms. The summed E-state index contributed by atoms with van der Waals surface area (Å²) in [4.78, 5) is 0.256. The van der Waals surface area contributed by atoms with Gasteiger partial charge in [0.25, 0.3) is 0 Å². The van der Waals surface area contributed by atoms with Crippen LogP contribution in [0.5, 0.6) is 0 Å². The van der Waals surface area contributed by atoms with E-state index in [0.29, 0.717) is 27.5 Å². The number of nitrogens with one attached hydrogen (secondary N) is 1. The van der Waals surface area contributed by atoms with Crippen molar-refractivity contribution in [3.8, 4) is 0 Å². The molecule has 0 fully saturated rings. The van der Waals surface area contributed by atoms with Crippen molar-refractivity contribution >= 4 is 40.2 Å². The van der Waals surface area contributed by atoms with Crippen molar-refractivity contribution < 1.29 is 4.39 Å². The molecule has 0 spiro atoms. The molecule has 0 radical (unpaired) electrons. The van der Waals surface area contributed by atoms with Gasteiger partial charge in [0.15, 0.2) is 0 Å². The number of hydrogen-bond donors (Lipinski definition) is 2. The Labute approximate surface area is 121 Å². The number of thiocarbonyl (C=S) groups is 1. The van der Waals surface area contributed by atoms with Gasteiger partial charge in [0, 0.05) is 16.3 Å². The molecule has 0 aliphatic heterocycles. The molecule has 0 aliphatic rings. The lowest BCUT2D eigenvalue weighted by Crippen LogP contribution is -2.11. The predicted molar refractivity (Wildman–Crippen MR) is 81.8 cm³/mol. The summed E-state index contributed by atoms with van der Waals surface area (Å²) in [6.45, 7) is 1.71. The summed E-state index contributed by atoms with van der Waals surface area (Å²) < 4.78 is 13.5. The van der Waals surface area contributed by atoms with Crippen LogP contribution in [0.15, 0.2) is 36.4 Å². The van der Waals surface area contributed by atoms with Gasteiger partial charge < -0.3 is 11.1 Å². The molecule has 0 saturated heterocycles. The van der Waals surface area contributed by atoms with Crippen molar-refractivity contribution in [3.05, 3.63) is 58.4 Å². The van der Waals surface area contributed by atoms with Gasteiger partial charge in [0.2, 0.25) is 0 Å². The summed E-state index contributed by atoms with van der Waals surface area (Å²) in [5.74, 6) is -0.274. The largest absolute Gasteiger partial charge is 0.389 e. The van der Waals surface area contributed by atoms with E-state index in [9.17, 15) is 4.39 Å². The average molecular weight is 295 g/mol. The van der Waals surface area contributed by atoms with Crippen molar-refractivity contribution in [3.63, 3.8) is 0 Å². The minimum Gasteiger partial charge on any atom is -0.389 e. The Morgan fingerprint density at radius 1 is 1.26 bits per heavy atom. The van der Waals surface area contributed by atoms with Gasteiger partial charge in [-0.05, 0) is 42.8 Å². The van der Waals surface area contributed by atoms with E-state index in [-0.39, 0.29) is 10.8 Å². The Morgan fingerprint density at radius 3 is 2.63 bits per heavy atom. The second-order valence-corrected chi connectivity index (χ2v) is 5.02. The number of benzene rings is 2. The summed E-state index contributed by atoms with van der Waals surface area (Å²) in [6, 6.07) is 10.0. The lowest BCUT2D eigenvalue weighted by molar-refractivity contribution is 0.619. The molecule has 0 aromatic heterocycles. The third-order valence-electron chi connectivity index (χ3n) is 2.70. The van der Waals surface area contributed by atoms with E-state index in [1.54, 1.807) is 37.3 Å². The number of anilines is 2. The molecule has 0 aliphatic carbocycles. The van der Waals surface area contributed by atoms with E-state index in [0.717, 1.165) is 0 Å². The highest BCUT2D eigenvalue weighted by molar-refractivity contribution is 7.80. The maximum Gasteiger partial charge on any atom is 0.128 e. The van der Waals surface area contributed by atoms with Crippen LogP contribution in [0.2, 0.25) is 5.02 Å². The quantitative estimate of drug-likeness (QED) is 0.835. The molecule has 0 atom stereocenters. The fraction of sp³-hybridized carbons (Fsp3) is 0.0714. The second-order valence-electron chi connectivity index (χ2n) is 4.14. The molecule has 2 aromatic rings. The molecule has 0 bridgehead atoms. The van der Waals surface area contributed by atoms with Gasteiger partial charge >= 0.3 is 0 Å². The highest BCUT2D eigenvalue weighted by Crippen LogP contribution is 2.25. The van der Waals surface area contributed by atoms with Gasteiger partial charge in [0.05, 0.1) is 5.69 Å². The van der Waals surface area contributed by atoms with Gasteiger partial charge in [-0.2, -0.15) is 0 Å². The molecule has 0 saturated carbocycles. The van der Waals surface area contributed by atoms with Crippen molar-refractivity contribution in [2.75, 3.05) is 5.32 Å². The first-order valence-electron chi connectivity index (χ1n) is 5.60. The smallest absolute Gasteiger partial charge is 0.128 e. The zero-order valence-corrected chi connectivity index (χ0v) is 11.8. The minimum absolute atomic E-state index is 0.256. The van der Waals surface area contributed by atoms with Crippen LogP contribution < -0.4 is 11.1 Å².